The first-order chi connectivity index (χ1) is 10.3. The molecule has 1 aliphatic rings. The van der Waals surface area contributed by atoms with Gasteiger partial charge in [-0.05, 0) is 23.3 Å². The molecule has 0 spiro atoms. The summed E-state index contributed by atoms with van der Waals surface area (Å²) in [5.41, 5.74) is 2.48. The Balaban J connectivity index is 2.00. The summed E-state index contributed by atoms with van der Waals surface area (Å²) in [4.78, 5) is 2.49. The average Bonchev–Trinajstić information content (AvgIpc) is 2.53. The van der Waals surface area contributed by atoms with Crippen molar-refractivity contribution in [3.05, 3.63) is 69.7 Å². The van der Waals surface area contributed by atoms with Crippen LogP contribution >= 0.6 is 23.2 Å². The van der Waals surface area contributed by atoms with Gasteiger partial charge in [0, 0.05) is 26.2 Å². The van der Waals surface area contributed by atoms with Crippen LogP contribution in [0.3, 0.4) is 0 Å². The number of hydrogen-bond donors (Lipinski definition) is 1. The summed E-state index contributed by atoms with van der Waals surface area (Å²) >= 11 is 12.3. The quantitative estimate of drug-likeness (QED) is 0.920. The van der Waals surface area contributed by atoms with E-state index in [9.17, 15) is 0 Å². The van der Waals surface area contributed by atoms with Crippen LogP contribution in [-0.2, 0) is 0 Å². The monoisotopic (exact) mass is 320 g/mol. The third kappa shape index (κ3) is 3.41. The van der Waals surface area contributed by atoms with Crippen molar-refractivity contribution in [2.45, 2.75) is 6.04 Å². The normalized spacial score (nSPS) is 17.6. The van der Waals surface area contributed by atoms with Crippen LogP contribution in [0.15, 0.2) is 48.5 Å². The Kier molecular flexibility index (Phi) is 4.81. The SMILES string of the molecule is Clc1ccc([C@@H](c2ccccc2)N2CCNCC2)cc1Cl. The van der Waals surface area contributed by atoms with Crippen molar-refractivity contribution >= 4 is 23.2 Å². The molecule has 4 heteroatoms. The molecular formula is C17H18Cl2N2. The maximum atomic E-state index is 6.22. The number of halogens is 2. The summed E-state index contributed by atoms with van der Waals surface area (Å²) in [7, 11) is 0. The van der Waals surface area contributed by atoms with Crippen molar-refractivity contribution in [2.24, 2.45) is 0 Å². The Morgan fingerprint density at radius 2 is 1.57 bits per heavy atom. The average molecular weight is 321 g/mol. The van der Waals surface area contributed by atoms with E-state index in [-0.39, 0.29) is 6.04 Å². The highest BCUT2D eigenvalue weighted by molar-refractivity contribution is 6.42. The first kappa shape index (κ1) is 14.9. The van der Waals surface area contributed by atoms with E-state index in [4.69, 9.17) is 23.2 Å². The largest absolute Gasteiger partial charge is 0.314 e. The number of nitrogens with one attached hydrogen (secondary N) is 1. The summed E-state index contributed by atoms with van der Waals surface area (Å²) in [6, 6.07) is 16.7. The van der Waals surface area contributed by atoms with Crippen LogP contribution < -0.4 is 5.32 Å². The lowest BCUT2D eigenvalue weighted by molar-refractivity contribution is 0.198. The number of rotatable bonds is 3. The zero-order chi connectivity index (χ0) is 14.7. The molecule has 2 aromatic rings. The van der Waals surface area contributed by atoms with Crippen LogP contribution in [0.2, 0.25) is 10.0 Å². The summed E-state index contributed by atoms with van der Waals surface area (Å²) in [5.74, 6) is 0. The van der Waals surface area contributed by atoms with E-state index in [1.165, 1.54) is 11.1 Å². The minimum absolute atomic E-state index is 0.225. The van der Waals surface area contributed by atoms with Crippen LogP contribution in [-0.4, -0.2) is 31.1 Å². The van der Waals surface area contributed by atoms with E-state index in [0.717, 1.165) is 26.2 Å². The molecule has 0 amide bonds. The third-order valence-electron chi connectivity index (χ3n) is 3.89. The number of piperazine rings is 1. The van der Waals surface area contributed by atoms with Gasteiger partial charge in [0.05, 0.1) is 16.1 Å². The van der Waals surface area contributed by atoms with Gasteiger partial charge in [0.25, 0.3) is 0 Å². The van der Waals surface area contributed by atoms with Crippen molar-refractivity contribution < 1.29 is 0 Å². The van der Waals surface area contributed by atoms with E-state index in [2.05, 4.69) is 40.5 Å². The van der Waals surface area contributed by atoms with Gasteiger partial charge in [0.1, 0.15) is 0 Å². The highest BCUT2D eigenvalue weighted by Crippen LogP contribution is 2.32. The van der Waals surface area contributed by atoms with Crippen LogP contribution in [0, 0.1) is 0 Å². The Hall–Kier alpha value is -1.06. The predicted molar refractivity (Wildman–Crippen MR) is 89.2 cm³/mol. The second kappa shape index (κ2) is 6.80. The molecule has 0 radical (unpaired) electrons. The molecule has 21 heavy (non-hydrogen) atoms. The minimum Gasteiger partial charge on any atom is -0.314 e. The lowest BCUT2D eigenvalue weighted by Gasteiger charge is -2.35. The minimum atomic E-state index is 0.225. The molecule has 2 nitrogen and oxygen atoms in total. The topological polar surface area (TPSA) is 15.3 Å². The van der Waals surface area contributed by atoms with Crippen LogP contribution in [0.5, 0.6) is 0 Å². The first-order valence-corrected chi connectivity index (χ1v) is 7.96. The van der Waals surface area contributed by atoms with Crippen LogP contribution in [0.4, 0.5) is 0 Å². The van der Waals surface area contributed by atoms with Crippen molar-refractivity contribution in [3.8, 4) is 0 Å². The fourth-order valence-electron chi connectivity index (χ4n) is 2.87. The summed E-state index contributed by atoms with van der Waals surface area (Å²) < 4.78 is 0. The summed E-state index contributed by atoms with van der Waals surface area (Å²) in [6.45, 7) is 4.09. The standard InChI is InChI=1S/C17H18Cl2N2/c18-15-7-6-14(12-16(15)19)17(13-4-2-1-3-5-13)21-10-8-20-9-11-21/h1-7,12,17,20H,8-11H2/t17-/m1/s1. The maximum absolute atomic E-state index is 6.22. The molecule has 0 aliphatic carbocycles. The molecular weight excluding hydrogens is 303 g/mol. The smallest absolute Gasteiger partial charge is 0.0603 e. The molecule has 1 heterocycles. The van der Waals surface area contributed by atoms with Gasteiger partial charge in [-0.25, -0.2) is 0 Å². The lowest BCUT2D eigenvalue weighted by Crippen LogP contribution is -2.45. The highest BCUT2D eigenvalue weighted by atomic mass is 35.5. The summed E-state index contributed by atoms with van der Waals surface area (Å²) in [5, 5.41) is 4.62. The molecule has 110 valence electrons. The van der Waals surface area contributed by atoms with E-state index in [0.29, 0.717) is 10.0 Å². The zero-order valence-corrected chi connectivity index (χ0v) is 13.2. The molecule has 3 rings (SSSR count). The van der Waals surface area contributed by atoms with Crippen LogP contribution in [0.1, 0.15) is 17.2 Å². The number of hydrogen-bond acceptors (Lipinski definition) is 2. The highest BCUT2D eigenvalue weighted by Gasteiger charge is 2.24. The Morgan fingerprint density at radius 1 is 0.857 bits per heavy atom. The second-order valence-corrected chi connectivity index (χ2v) is 6.09. The first-order valence-electron chi connectivity index (χ1n) is 7.20. The van der Waals surface area contributed by atoms with Gasteiger partial charge < -0.3 is 5.32 Å². The van der Waals surface area contributed by atoms with Gasteiger partial charge in [-0.2, -0.15) is 0 Å². The molecule has 0 saturated carbocycles. The van der Waals surface area contributed by atoms with E-state index in [1.54, 1.807) is 0 Å². The van der Waals surface area contributed by atoms with E-state index in [1.807, 2.05) is 18.2 Å². The maximum Gasteiger partial charge on any atom is 0.0603 e. The fraction of sp³-hybridized carbons (Fsp3) is 0.294. The molecule has 1 aliphatic heterocycles. The van der Waals surface area contributed by atoms with Gasteiger partial charge in [-0.1, -0.05) is 59.6 Å². The Labute approximate surface area is 135 Å². The van der Waals surface area contributed by atoms with Gasteiger partial charge in [-0.15, -0.1) is 0 Å². The van der Waals surface area contributed by atoms with E-state index >= 15 is 0 Å². The molecule has 0 bridgehead atoms. The summed E-state index contributed by atoms with van der Waals surface area (Å²) in [6.07, 6.45) is 0. The van der Waals surface area contributed by atoms with Crippen molar-refractivity contribution in [1.29, 1.82) is 0 Å². The molecule has 1 fully saturated rings. The molecule has 0 unspecified atom stereocenters. The molecule has 1 saturated heterocycles. The molecule has 2 aromatic carbocycles. The van der Waals surface area contributed by atoms with Crippen LogP contribution in [0.25, 0.3) is 0 Å². The van der Waals surface area contributed by atoms with Crippen molar-refractivity contribution in [1.82, 2.24) is 10.2 Å². The zero-order valence-electron chi connectivity index (χ0n) is 11.7. The lowest BCUT2D eigenvalue weighted by atomic mass is 9.96. The van der Waals surface area contributed by atoms with Gasteiger partial charge >= 0.3 is 0 Å². The number of benzene rings is 2. The predicted octanol–water partition coefficient (Wildman–Crippen LogP) is 3.99. The molecule has 1 atom stereocenters. The fourth-order valence-corrected chi connectivity index (χ4v) is 3.18. The van der Waals surface area contributed by atoms with Crippen molar-refractivity contribution in [2.75, 3.05) is 26.2 Å². The molecule has 1 N–H and O–H groups in total. The molecule has 0 aromatic heterocycles. The second-order valence-electron chi connectivity index (χ2n) is 5.27. The van der Waals surface area contributed by atoms with Gasteiger partial charge in [0.2, 0.25) is 0 Å². The van der Waals surface area contributed by atoms with Gasteiger partial charge in [-0.3, -0.25) is 4.90 Å². The van der Waals surface area contributed by atoms with Gasteiger partial charge in [0.15, 0.2) is 0 Å². The Morgan fingerprint density at radius 3 is 2.24 bits per heavy atom. The van der Waals surface area contributed by atoms with E-state index < -0.39 is 0 Å². The number of nitrogens with zero attached hydrogens (tertiary/aromatic N) is 1. The Bertz CT molecular complexity index is 595. The van der Waals surface area contributed by atoms with Crippen molar-refractivity contribution in [3.63, 3.8) is 0 Å². The third-order valence-corrected chi connectivity index (χ3v) is 4.63.